The van der Waals surface area contributed by atoms with Crippen LogP contribution in [-0.4, -0.2) is 30.9 Å². The second-order valence-electron chi connectivity index (χ2n) is 5.53. The molecule has 0 aliphatic heterocycles. The van der Waals surface area contributed by atoms with Gasteiger partial charge in [-0.15, -0.1) is 0 Å². The maximum atomic E-state index is 12.5. The van der Waals surface area contributed by atoms with E-state index in [9.17, 15) is 14.4 Å². The van der Waals surface area contributed by atoms with Gasteiger partial charge in [-0.2, -0.15) is 0 Å². The lowest BCUT2D eigenvalue weighted by Crippen LogP contribution is -2.36. The van der Waals surface area contributed by atoms with E-state index in [0.717, 1.165) is 10.0 Å². The molecule has 0 aliphatic rings. The summed E-state index contributed by atoms with van der Waals surface area (Å²) in [6.45, 7) is 1.49. The first-order valence-corrected chi connectivity index (χ1v) is 9.00. The van der Waals surface area contributed by atoms with Crippen molar-refractivity contribution >= 4 is 39.8 Å². The Morgan fingerprint density at radius 2 is 1.70 bits per heavy atom. The number of rotatable bonds is 7. The highest BCUT2D eigenvalue weighted by molar-refractivity contribution is 9.10. The molecule has 6 nitrogen and oxygen atoms in total. The fraction of sp³-hybridized carbons (Fsp3) is 0.150. The van der Waals surface area contributed by atoms with E-state index in [1.807, 2.05) is 30.3 Å². The lowest BCUT2D eigenvalue weighted by Gasteiger charge is -2.11. The van der Waals surface area contributed by atoms with Crippen LogP contribution in [0.3, 0.4) is 0 Å². The number of carbonyl (C=O) groups excluding carboxylic acids is 3. The molecule has 2 aromatic rings. The Labute approximate surface area is 165 Å². The van der Waals surface area contributed by atoms with E-state index in [0.29, 0.717) is 5.56 Å². The molecule has 0 radical (unpaired) electrons. The molecule has 0 atom stereocenters. The molecule has 2 aromatic carbocycles. The third-order valence-corrected chi connectivity index (χ3v) is 3.93. The van der Waals surface area contributed by atoms with E-state index >= 15 is 0 Å². The number of ether oxygens (including phenoxy) is 1. The maximum absolute atomic E-state index is 12.5. The van der Waals surface area contributed by atoms with Gasteiger partial charge in [-0.1, -0.05) is 46.3 Å². The van der Waals surface area contributed by atoms with E-state index < -0.39 is 17.8 Å². The Kier molecular flexibility index (Phi) is 7.76. The van der Waals surface area contributed by atoms with Crippen molar-refractivity contribution < 1.29 is 19.1 Å². The van der Waals surface area contributed by atoms with Crippen molar-refractivity contribution in [3.63, 3.8) is 0 Å². The standard InChI is InChI=1S/C20H19BrN2O4/c1-14(24)27-12-11-22-20(26)18(13-15-5-3-2-4-6-15)23-19(25)16-7-9-17(21)10-8-16/h2-10,13H,11-12H2,1H3,(H,22,26)(H,23,25)/b18-13+. The van der Waals surface area contributed by atoms with Gasteiger partial charge in [0.25, 0.3) is 11.8 Å². The first-order chi connectivity index (χ1) is 13.0. The van der Waals surface area contributed by atoms with Crippen molar-refractivity contribution in [2.24, 2.45) is 0 Å². The van der Waals surface area contributed by atoms with E-state index in [2.05, 4.69) is 26.6 Å². The number of amides is 2. The fourth-order valence-electron chi connectivity index (χ4n) is 2.12. The van der Waals surface area contributed by atoms with Gasteiger partial charge in [-0.25, -0.2) is 0 Å². The van der Waals surface area contributed by atoms with Gasteiger partial charge in [-0.05, 0) is 35.9 Å². The number of halogens is 1. The smallest absolute Gasteiger partial charge is 0.302 e. The molecule has 0 fully saturated rings. The Morgan fingerprint density at radius 1 is 1.04 bits per heavy atom. The summed E-state index contributed by atoms with van der Waals surface area (Å²) in [5.74, 6) is -1.30. The van der Waals surface area contributed by atoms with Gasteiger partial charge >= 0.3 is 5.97 Å². The summed E-state index contributed by atoms with van der Waals surface area (Å²) < 4.78 is 5.64. The van der Waals surface area contributed by atoms with E-state index in [1.54, 1.807) is 30.3 Å². The zero-order valence-corrected chi connectivity index (χ0v) is 16.3. The molecule has 140 valence electrons. The zero-order valence-electron chi connectivity index (χ0n) is 14.7. The molecule has 0 aliphatic carbocycles. The Balaban J connectivity index is 2.13. The number of hydrogen-bond donors (Lipinski definition) is 2. The van der Waals surface area contributed by atoms with Crippen LogP contribution in [0.2, 0.25) is 0 Å². The quantitative estimate of drug-likeness (QED) is 0.401. The Hall–Kier alpha value is -2.93. The number of benzene rings is 2. The minimum atomic E-state index is -0.475. The van der Waals surface area contributed by atoms with Gasteiger partial charge in [0, 0.05) is 17.0 Å². The van der Waals surface area contributed by atoms with Gasteiger partial charge in [0.05, 0.1) is 6.54 Å². The number of esters is 1. The van der Waals surface area contributed by atoms with Gasteiger partial charge in [0.2, 0.25) is 0 Å². The van der Waals surface area contributed by atoms with Crippen molar-refractivity contribution in [3.8, 4) is 0 Å². The van der Waals surface area contributed by atoms with Crippen LogP contribution in [0.1, 0.15) is 22.8 Å². The van der Waals surface area contributed by atoms with Gasteiger partial charge in [0.1, 0.15) is 12.3 Å². The SMILES string of the molecule is CC(=O)OCCNC(=O)/C(=C\c1ccccc1)NC(=O)c1ccc(Br)cc1. The molecule has 2 N–H and O–H groups in total. The summed E-state index contributed by atoms with van der Waals surface area (Å²) in [7, 11) is 0. The molecule has 0 saturated heterocycles. The van der Waals surface area contributed by atoms with Crippen molar-refractivity contribution in [2.75, 3.05) is 13.2 Å². The van der Waals surface area contributed by atoms with Gasteiger partial charge < -0.3 is 15.4 Å². The monoisotopic (exact) mass is 430 g/mol. The molecule has 0 bridgehead atoms. The average molecular weight is 431 g/mol. The van der Waals surface area contributed by atoms with Crippen LogP contribution in [0.5, 0.6) is 0 Å². The summed E-state index contributed by atoms with van der Waals surface area (Å²) in [5, 5.41) is 5.26. The predicted octanol–water partition coefficient (Wildman–Crippen LogP) is 2.90. The van der Waals surface area contributed by atoms with Crippen molar-refractivity contribution in [3.05, 3.63) is 75.9 Å². The highest BCUT2D eigenvalue weighted by Gasteiger charge is 2.14. The molecular weight excluding hydrogens is 412 g/mol. The third kappa shape index (κ3) is 7.07. The summed E-state index contributed by atoms with van der Waals surface area (Å²) in [6, 6.07) is 15.9. The van der Waals surface area contributed by atoms with E-state index in [-0.39, 0.29) is 18.8 Å². The summed E-state index contributed by atoms with van der Waals surface area (Å²) in [4.78, 5) is 35.7. The number of hydrogen-bond acceptors (Lipinski definition) is 4. The van der Waals surface area contributed by atoms with Crippen molar-refractivity contribution in [1.82, 2.24) is 10.6 Å². The molecule has 0 aromatic heterocycles. The second-order valence-corrected chi connectivity index (χ2v) is 6.44. The van der Waals surface area contributed by atoms with Crippen LogP contribution >= 0.6 is 15.9 Å². The maximum Gasteiger partial charge on any atom is 0.302 e. The Morgan fingerprint density at radius 3 is 2.33 bits per heavy atom. The van der Waals surface area contributed by atoms with Crippen LogP contribution in [0.4, 0.5) is 0 Å². The molecule has 27 heavy (non-hydrogen) atoms. The Bertz CT molecular complexity index is 833. The largest absolute Gasteiger partial charge is 0.464 e. The van der Waals surface area contributed by atoms with Crippen LogP contribution < -0.4 is 10.6 Å². The minimum Gasteiger partial charge on any atom is -0.464 e. The molecule has 2 rings (SSSR count). The van der Waals surface area contributed by atoms with Gasteiger partial charge in [0.15, 0.2) is 0 Å². The van der Waals surface area contributed by atoms with Crippen molar-refractivity contribution in [1.29, 1.82) is 0 Å². The van der Waals surface area contributed by atoms with Gasteiger partial charge in [-0.3, -0.25) is 14.4 Å². The average Bonchev–Trinajstić information content (AvgIpc) is 2.65. The lowest BCUT2D eigenvalue weighted by molar-refractivity contribution is -0.141. The minimum absolute atomic E-state index is 0.0559. The topological polar surface area (TPSA) is 84.5 Å². The highest BCUT2D eigenvalue weighted by atomic mass is 79.9. The molecule has 0 unspecified atom stereocenters. The first kappa shape index (κ1) is 20.4. The third-order valence-electron chi connectivity index (χ3n) is 3.40. The number of carbonyl (C=O) groups is 3. The van der Waals surface area contributed by atoms with E-state index in [4.69, 9.17) is 4.74 Å². The molecule has 0 heterocycles. The molecule has 7 heteroatoms. The highest BCUT2D eigenvalue weighted by Crippen LogP contribution is 2.11. The zero-order chi connectivity index (χ0) is 19.6. The van der Waals surface area contributed by atoms with Crippen LogP contribution in [0, 0.1) is 0 Å². The summed E-state index contributed by atoms with van der Waals surface area (Å²) >= 11 is 3.32. The van der Waals surface area contributed by atoms with Crippen molar-refractivity contribution in [2.45, 2.75) is 6.92 Å². The molecular formula is C20H19BrN2O4. The van der Waals surface area contributed by atoms with Crippen LogP contribution in [0.15, 0.2) is 64.8 Å². The van der Waals surface area contributed by atoms with Crippen LogP contribution in [-0.2, 0) is 14.3 Å². The van der Waals surface area contributed by atoms with Crippen LogP contribution in [0.25, 0.3) is 6.08 Å². The number of nitrogens with one attached hydrogen (secondary N) is 2. The second kappa shape index (κ2) is 10.3. The molecule has 2 amide bonds. The molecule has 0 spiro atoms. The fourth-order valence-corrected chi connectivity index (χ4v) is 2.39. The lowest BCUT2D eigenvalue weighted by atomic mass is 10.1. The predicted molar refractivity (Wildman–Crippen MR) is 106 cm³/mol. The summed E-state index contributed by atoms with van der Waals surface area (Å²) in [5.41, 5.74) is 1.28. The van der Waals surface area contributed by atoms with E-state index in [1.165, 1.54) is 6.92 Å². The molecule has 0 saturated carbocycles. The summed E-state index contributed by atoms with van der Waals surface area (Å²) in [6.07, 6.45) is 1.58. The normalized spacial score (nSPS) is 10.8. The first-order valence-electron chi connectivity index (χ1n) is 8.21.